The zero-order valence-corrected chi connectivity index (χ0v) is 19.3. The zero-order chi connectivity index (χ0) is 22.4. The standard InChI is InChI=1S/C23H20BrN3O3S/c1-14-5-3-7-17(11-14)25-21(28)15-6-4-8-18(12-15)26-23(31)27-22(29)19-13-16(24)9-10-20(19)30-2/h3-13H,1-2H3,(H,25,28)(H2,26,27,29,31). The van der Waals surface area contributed by atoms with Crippen molar-refractivity contribution in [2.75, 3.05) is 17.7 Å². The highest BCUT2D eigenvalue weighted by atomic mass is 79.9. The van der Waals surface area contributed by atoms with Crippen molar-refractivity contribution in [3.63, 3.8) is 0 Å². The first-order valence-corrected chi connectivity index (χ1v) is 10.5. The summed E-state index contributed by atoms with van der Waals surface area (Å²) < 4.78 is 5.97. The Balaban J connectivity index is 1.66. The van der Waals surface area contributed by atoms with Gasteiger partial charge in [0.15, 0.2) is 5.11 Å². The van der Waals surface area contributed by atoms with Gasteiger partial charge in [-0.1, -0.05) is 34.1 Å². The second-order valence-electron chi connectivity index (χ2n) is 6.66. The van der Waals surface area contributed by atoms with Gasteiger partial charge in [-0.3, -0.25) is 14.9 Å². The summed E-state index contributed by atoms with van der Waals surface area (Å²) in [4.78, 5) is 25.1. The van der Waals surface area contributed by atoms with E-state index in [1.54, 1.807) is 42.5 Å². The Morgan fingerprint density at radius 3 is 2.32 bits per heavy atom. The number of carbonyl (C=O) groups is 2. The van der Waals surface area contributed by atoms with Crippen molar-refractivity contribution in [1.82, 2.24) is 5.32 Å². The van der Waals surface area contributed by atoms with Crippen LogP contribution in [0.15, 0.2) is 71.2 Å². The number of nitrogens with one attached hydrogen (secondary N) is 3. The molecule has 6 nitrogen and oxygen atoms in total. The van der Waals surface area contributed by atoms with Crippen LogP contribution in [0.25, 0.3) is 0 Å². The Hall–Kier alpha value is -3.23. The molecule has 3 N–H and O–H groups in total. The molecule has 0 fully saturated rings. The van der Waals surface area contributed by atoms with Gasteiger partial charge < -0.3 is 15.4 Å². The zero-order valence-electron chi connectivity index (χ0n) is 16.9. The van der Waals surface area contributed by atoms with Crippen LogP contribution in [0.1, 0.15) is 26.3 Å². The minimum atomic E-state index is -0.413. The molecule has 0 heterocycles. The molecule has 8 heteroatoms. The van der Waals surface area contributed by atoms with Crippen LogP contribution in [0.5, 0.6) is 5.75 Å². The van der Waals surface area contributed by atoms with Crippen LogP contribution in [-0.4, -0.2) is 24.0 Å². The summed E-state index contributed by atoms with van der Waals surface area (Å²) in [5.41, 5.74) is 3.13. The topological polar surface area (TPSA) is 79.5 Å². The molecule has 0 aliphatic rings. The van der Waals surface area contributed by atoms with Crippen molar-refractivity contribution >= 4 is 56.4 Å². The van der Waals surface area contributed by atoms with E-state index in [-0.39, 0.29) is 11.0 Å². The quantitative estimate of drug-likeness (QED) is 0.425. The molecule has 0 unspecified atom stereocenters. The Labute approximate surface area is 194 Å². The molecule has 0 aromatic heterocycles. The van der Waals surface area contributed by atoms with Gasteiger partial charge in [-0.25, -0.2) is 0 Å². The Bertz CT molecular complexity index is 1150. The molecule has 0 aliphatic carbocycles. The highest BCUT2D eigenvalue weighted by molar-refractivity contribution is 9.10. The average Bonchev–Trinajstić information content (AvgIpc) is 2.73. The average molecular weight is 498 g/mol. The summed E-state index contributed by atoms with van der Waals surface area (Å²) in [5.74, 6) is -0.231. The summed E-state index contributed by atoms with van der Waals surface area (Å²) in [7, 11) is 1.49. The van der Waals surface area contributed by atoms with Gasteiger partial charge >= 0.3 is 0 Å². The molecule has 158 valence electrons. The number of ether oxygens (including phenoxy) is 1. The second-order valence-corrected chi connectivity index (χ2v) is 7.98. The number of carbonyl (C=O) groups excluding carboxylic acids is 2. The van der Waals surface area contributed by atoms with E-state index in [2.05, 4.69) is 31.9 Å². The molecule has 0 atom stereocenters. The highest BCUT2D eigenvalue weighted by Gasteiger charge is 2.15. The first kappa shape index (κ1) is 22.5. The van der Waals surface area contributed by atoms with Gasteiger partial charge in [0, 0.05) is 21.4 Å². The fourth-order valence-electron chi connectivity index (χ4n) is 2.85. The lowest BCUT2D eigenvalue weighted by Gasteiger charge is -2.13. The molecule has 0 bridgehead atoms. The van der Waals surface area contributed by atoms with Crippen LogP contribution in [-0.2, 0) is 0 Å². The van der Waals surface area contributed by atoms with Crippen molar-refractivity contribution in [2.24, 2.45) is 0 Å². The number of hydrogen-bond donors (Lipinski definition) is 3. The van der Waals surface area contributed by atoms with Gasteiger partial charge in [-0.05, 0) is 73.2 Å². The van der Waals surface area contributed by atoms with E-state index in [0.717, 1.165) is 10.0 Å². The summed E-state index contributed by atoms with van der Waals surface area (Å²) in [6, 6.07) is 19.5. The summed E-state index contributed by atoms with van der Waals surface area (Å²) in [6.45, 7) is 1.96. The van der Waals surface area contributed by atoms with Gasteiger partial charge in [0.2, 0.25) is 0 Å². The third-order valence-corrected chi connectivity index (χ3v) is 4.99. The van der Waals surface area contributed by atoms with Crippen LogP contribution < -0.4 is 20.7 Å². The molecule has 0 spiro atoms. The van der Waals surface area contributed by atoms with Crippen molar-refractivity contribution in [3.8, 4) is 5.75 Å². The van der Waals surface area contributed by atoms with E-state index >= 15 is 0 Å². The Kier molecular flexibility index (Phi) is 7.38. The maximum Gasteiger partial charge on any atom is 0.261 e. The minimum absolute atomic E-state index is 0.100. The van der Waals surface area contributed by atoms with Gasteiger partial charge in [0.05, 0.1) is 12.7 Å². The molecule has 0 radical (unpaired) electrons. The SMILES string of the molecule is COc1ccc(Br)cc1C(=O)NC(=S)Nc1cccc(C(=O)Nc2cccc(C)c2)c1. The third-order valence-electron chi connectivity index (χ3n) is 4.29. The lowest BCUT2D eigenvalue weighted by molar-refractivity contribution is 0.0973. The fraction of sp³-hybridized carbons (Fsp3) is 0.0870. The molecule has 0 aliphatic heterocycles. The van der Waals surface area contributed by atoms with E-state index < -0.39 is 5.91 Å². The number of hydrogen-bond acceptors (Lipinski definition) is 4. The van der Waals surface area contributed by atoms with Crippen LogP contribution in [0, 0.1) is 6.92 Å². The molecule has 2 amide bonds. The molecule has 0 saturated heterocycles. The van der Waals surface area contributed by atoms with Gasteiger partial charge in [0.1, 0.15) is 5.75 Å². The predicted molar refractivity (Wildman–Crippen MR) is 130 cm³/mol. The number of anilines is 2. The molecular weight excluding hydrogens is 478 g/mol. The van der Waals surface area contributed by atoms with E-state index in [4.69, 9.17) is 17.0 Å². The largest absolute Gasteiger partial charge is 0.496 e. The number of aryl methyl sites for hydroxylation is 1. The Morgan fingerprint density at radius 1 is 0.903 bits per heavy atom. The summed E-state index contributed by atoms with van der Waals surface area (Å²) in [5, 5.41) is 8.52. The first-order chi connectivity index (χ1) is 14.9. The lowest BCUT2D eigenvalue weighted by Crippen LogP contribution is -2.34. The van der Waals surface area contributed by atoms with E-state index in [1.165, 1.54) is 7.11 Å². The van der Waals surface area contributed by atoms with Crippen molar-refractivity contribution in [1.29, 1.82) is 0 Å². The van der Waals surface area contributed by atoms with Crippen LogP contribution in [0.3, 0.4) is 0 Å². The number of halogens is 1. The van der Waals surface area contributed by atoms with Gasteiger partial charge in [0.25, 0.3) is 11.8 Å². The van der Waals surface area contributed by atoms with E-state index in [0.29, 0.717) is 28.3 Å². The molecule has 3 rings (SSSR count). The van der Waals surface area contributed by atoms with Crippen molar-refractivity contribution < 1.29 is 14.3 Å². The van der Waals surface area contributed by atoms with Crippen LogP contribution in [0.4, 0.5) is 11.4 Å². The third kappa shape index (κ3) is 6.13. The minimum Gasteiger partial charge on any atom is -0.496 e. The monoisotopic (exact) mass is 497 g/mol. The lowest BCUT2D eigenvalue weighted by atomic mass is 10.1. The van der Waals surface area contributed by atoms with Gasteiger partial charge in [-0.2, -0.15) is 0 Å². The van der Waals surface area contributed by atoms with Gasteiger partial charge in [-0.15, -0.1) is 0 Å². The fourth-order valence-corrected chi connectivity index (χ4v) is 3.43. The van der Waals surface area contributed by atoms with E-state index in [1.807, 2.05) is 31.2 Å². The summed E-state index contributed by atoms with van der Waals surface area (Å²) >= 11 is 8.60. The normalized spacial score (nSPS) is 10.2. The first-order valence-electron chi connectivity index (χ1n) is 9.29. The second kappa shape index (κ2) is 10.2. The number of amides is 2. The Morgan fingerprint density at radius 2 is 1.61 bits per heavy atom. The van der Waals surface area contributed by atoms with Crippen molar-refractivity contribution in [3.05, 3.63) is 87.9 Å². The molecule has 3 aromatic rings. The summed E-state index contributed by atoms with van der Waals surface area (Å²) in [6.07, 6.45) is 0. The molecular formula is C23H20BrN3O3S. The van der Waals surface area contributed by atoms with Crippen molar-refractivity contribution in [2.45, 2.75) is 6.92 Å². The maximum atomic E-state index is 12.6. The molecule has 31 heavy (non-hydrogen) atoms. The number of benzene rings is 3. The number of rotatable bonds is 5. The maximum absolute atomic E-state index is 12.6. The molecule has 3 aromatic carbocycles. The smallest absolute Gasteiger partial charge is 0.261 e. The van der Waals surface area contributed by atoms with Crippen LogP contribution in [0.2, 0.25) is 0 Å². The number of methoxy groups -OCH3 is 1. The van der Waals surface area contributed by atoms with Crippen LogP contribution >= 0.6 is 28.1 Å². The number of thiocarbonyl (C=S) groups is 1. The highest BCUT2D eigenvalue weighted by Crippen LogP contribution is 2.23. The van der Waals surface area contributed by atoms with E-state index in [9.17, 15) is 9.59 Å². The predicted octanol–water partition coefficient (Wildman–Crippen LogP) is 5.15. The molecule has 0 saturated carbocycles.